The third kappa shape index (κ3) is 0.753. The SMILES string of the molecule is O=[N+]([O-])C1C=CC=C1. The highest BCUT2D eigenvalue weighted by molar-refractivity contribution is 5.18. The van der Waals surface area contributed by atoms with E-state index in [2.05, 4.69) is 0 Å². The van der Waals surface area contributed by atoms with E-state index < -0.39 is 6.04 Å². The van der Waals surface area contributed by atoms with Crippen LogP contribution >= 0.6 is 0 Å². The highest BCUT2D eigenvalue weighted by atomic mass is 16.6. The zero-order valence-corrected chi connectivity index (χ0v) is 4.15. The maximum absolute atomic E-state index is 9.90. The molecular weight excluding hydrogens is 106 g/mol. The van der Waals surface area contributed by atoms with Gasteiger partial charge in [-0.1, -0.05) is 12.2 Å². The fourth-order valence-corrected chi connectivity index (χ4v) is 0.561. The standard InChI is InChI=1S/C5H5NO2/c7-6(8)5-3-1-2-4-5/h1-5H. The average Bonchev–Trinajstić information content (AvgIpc) is 2.12. The van der Waals surface area contributed by atoms with Crippen molar-refractivity contribution in [1.29, 1.82) is 0 Å². The summed E-state index contributed by atoms with van der Waals surface area (Å²) in [4.78, 5) is 9.57. The molecule has 0 spiro atoms. The fourth-order valence-electron chi connectivity index (χ4n) is 0.561. The van der Waals surface area contributed by atoms with E-state index in [1.807, 2.05) is 0 Å². The van der Waals surface area contributed by atoms with Gasteiger partial charge in [0.2, 0.25) is 6.04 Å². The van der Waals surface area contributed by atoms with Gasteiger partial charge in [-0.3, -0.25) is 10.1 Å². The van der Waals surface area contributed by atoms with Gasteiger partial charge in [-0.25, -0.2) is 0 Å². The monoisotopic (exact) mass is 111 g/mol. The van der Waals surface area contributed by atoms with Crippen molar-refractivity contribution in [2.75, 3.05) is 0 Å². The molecule has 1 aliphatic carbocycles. The van der Waals surface area contributed by atoms with Gasteiger partial charge < -0.3 is 0 Å². The van der Waals surface area contributed by atoms with Gasteiger partial charge in [0.15, 0.2) is 0 Å². The highest BCUT2D eigenvalue weighted by Gasteiger charge is 2.12. The largest absolute Gasteiger partial charge is 0.264 e. The van der Waals surface area contributed by atoms with Gasteiger partial charge in [-0.05, 0) is 12.2 Å². The molecule has 0 atom stereocenters. The Morgan fingerprint density at radius 1 is 1.38 bits per heavy atom. The smallest absolute Gasteiger partial charge is 0.250 e. The van der Waals surface area contributed by atoms with Crippen LogP contribution in [-0.4, -0.2) is 11.0 Å². The van der Waals surface area contributed by atoms with Crippen molar-refractivity contribution in [3.63, 3.8) is 0 Å². The minimum Gasteiger partial charge on any atom is -0.264 e. The number of hydrogen-bond donors (Lipinski definition) is 0. The van der Waals surface area contributed by atoms with Crippen LogP contribution in [0.25, 0.3) is 0 Å². The second-order valence-corrected chi connectivity index (χ2v) is 1.55. The first-order valence-electron chi connectivity index (χ1n) is 2.29. The van der Waals surface area contributed by atoms with Crippen LogP contribution < -0.4 is 0 Å². The Kier molecular flexibility index (Phi) is 1.12. The summed E-state index contributed by atoms with van der Waals surface area (Å²) in [5.41, 5.74) is 0. The molecule has 3 nitrogen and oxygen atoms in total. The van der Waals surface area contributed by atoms with E-state index in [-0.39, 0.29) is 4.92 Å². The van der Waals surface area contributed by atoms with E-state index in [0.29, 0.717) is 0 Å². The quantitative estimate of drug-likeness (QED) is 0.370. The predicted molar refractivity (Wildman–Crippen MR) is 29.1 cm³/mol. The van der Waals surface area contributed by atoms with Crippen molar-refractivity contribution in [1.82, 2.24) is 0 Å². The van der Waals surface area contributed by atoms with E-state index in [4.69, 9.17) is 0 Å². The summed E-state index contributed by atoms with van der Waals surface area (Å²) in [5, 5.41) is 9.90. The lowest BCUT2D eigenvalue weighted by atomic mass is 10.4. The molecule has 0 N–H and O–H groups in total. The maximum atomic E-state index is 9.90. The zero-order valence-electron chi connectivity index (χ0n) is 4.15. The van der Waals surface area contributed by atoms with Crippen molar-refractivity contribution in [3.8, 4) is 0 Å². The van der Waals surface area contributed by atoms with Crippen LogP contribution in [0, 0.1) is 10.1 Å². The first kappa shape index (κ1) is 5.03. The van der Waals surface area contributed by atoms with Gasteiger partial charge >= 0.3 is 0 Å². The minimum atomic E-state index is -0.574. The highest BCUT2D eigenvalue weighted by Crippen LogP contribution is 2.01. The molecule has 0 radical (unpaired) electrons. The molecule has 0 saturated heterocycles. The molecule has 3 heteroatoms. The molecule has 42 valence electrons. The second kappa shape index (κ2) is 1.78. The second-order valence-electron chi connectivity index (χ2n) is 1.55. The van der Waals surface area contributed by atoms with E-state index in [1.54, 1.807) is 24.3 Å². The average molecular weight is 111 g/mol. The Bertz CT molecular complexity index is 148. The van der Waals surface area contributed by atoms with Crippen molar-refractivity contribution in [2.24, 2.45) is 0 Å². The molecule has 8 heavy (non-hydrogen) atoms. The zero-order chi connectivity index (χ0) is 5.98. The molecule has 1 rings (SSSR count). The van der Waals surface area contributed by atoms with Crippen LogP contribution in [0.1, 0.15) is 0 Å². The number of nitro groups is 1. The normalized spacial score (nSPS) is 17.5. The Morgan fingerprint density at radius 3 is 2.12 bits per heavy atom. The summed E-state index contributed by atoms with van der Waals surface area (Å²) in [6.07, 6.45) is 6.43. The Hall–Kier alpha value is -1.12. The van der Waals surface area contributed by atoms with Gasteiger partial charge in [0.05, 0.1) is 0 Å². The van der Waals surface area contributed by atoms with E-state index >= 15 is 0 Å². The van der Waals surface area contributed by atoms with E-state index in [1.165, 1.54) is 0 Å². The van der Waals surface area contributed by atoms with Gasteiger partial charge in [0.25, 0.3) is 0 Å². The van der Waals surface area contributed by atoms with Crippen LogP contribution in [0.2, 0.25) is 0 Å². The van der Waals surface area contributed by atoms with Gasteiger partial charge in [-0.15, -0.1) is 0 Å². The predicted octanol–water partition coefficient (Wildman–Crippen LogP) is 0.758. The van der Waals surface area contributed by atoms with Crippen LogP contribution in [0.4, 0.5) is 0 Å². The summed E-state index contributed by atoms with van der Waals surface area (Å²) < 4.78 is 0. The van der Waals surface area contributed by atoms with Crippen molar-refractivity contribution < 1.29 is 4.92 Å². The molecule has 0 amide bonds. The Labute approximate surface area is 46.5 Å². The third-order valence-electron chi connectivity index (χ3n) is 0.971. The molecule has 0 aliphatic heterocycles. The fraction of sp³-hybridized carbons (Fsp3) is 0.200. The number of nitrogens with zero attached hydrogens (tertiary/aromatic N) is 1. The molecule has 1 aliphatic rings. The molecular formula is C5H5NO2. The van der Waals surface area contributed by atoms with Gasteiger partial charge in [0, 0.05) is 4.92 Å². The number of allylic oxidation sites excluding steroid dienone is 2. The summed E-state index contributed by atoms with van der Waals surface area (Å²) in [6, 6.07) is -0.574. The van der Waals surface area contributed by atoms with Crippen molar-refractivity contribution >= 4 is 0 Å². The summed E-state index contributed by atoms with van der Waals surface area (Å²) >= 11 is 0. The van der Waals surface area contributed by atoms with Crippen molar-refractivity contribution in [3.05, 3.63) is 34.4 Å². The molecule has 0 saturated carbocycles. The van der Waals surface area contributed by atoms with E-state index in [9.17, 15) is 10.1 Å². The summed E-state index contributed by atoms with van der Waals surface area (Å²) in [7, 11) is 0. The molecule has 0 bridgehead atoms. The molecule has 0 aromatic heterocycles. The Morgan fingerprint density at radius 2 is 1.88 bits per heavy atom. The van der Waals surface area contributed by atoms with Gasteiger partial charge in [-0.2, -0.15) is 0 Å². The lowest BCUT2D eigenvalue weighted by molar-refractivity contribution is -0.496. The molecule has 0 fully saturated rings. The van der Waals surface area contributed by atoms with Crippen LogP contribution in [0.5, 0.6) is 0 Å². The molecule has 0 aromatic rings. The van der Waals surface area contributed by atoms with Crippen LogP contribution in [-0.2, 0) is 0 Å². The van der Waals surface area contributed by atoms with Crippen LogP contribution in [0.3, 0.4) is 0 Å². The topological polar surface area (TPSA) is 43.1 Å². The maximum Gasteiger partial charge on any atom is 0.250 e. The third-order valence-corrected chi connectivity index (χ3v) is 0.971. The molecule has 0 unspecified atom stereocenters. The summed E-state index contributed by atoms with van der Waals surface area (Å²) in [6.45, 7) is 0. The molecule has 0 heterocycles. The molecule has 0 aromatic carbocycles. The first-order chi connectivity index (χ1) is 3.80. The minimum absolute atomic E-state index is 0.333. The first-order valence-corrected chi connectivity index (χ1v) is 2.29. The van der Waals surface area contributed by atoms with Gasteiger partial charge in [0.1, 0.15) is 0 Å². The van der Waals surface area contributed by atoms with E-state index in [0.717, 1.165) is 0 Å². The summed E-state index contributed by atoms with van der Waals surface area (Å²) in [5.74, 6) is 0. The Balaban J connectivity index is 2.62. The number of rotatable bonds is 1. The van der Waals surface area contributed by atoms with Crippen LogP contribution in [0.15, 0.2) is 24.3 Å². The number of hydrogen-bond acceptors (Lipinski definition) is 2. The lowest BCUT2D eigenvalue weighted by Gasteiger charge is -1.90. The van der Waals surface area contributed by atoms with Crippen molar-refractivity contribution in [2.45, 2.75) is 6.04 Å². The lowest BCUT2D eigenvalue weighted by Crippen LogP contribution is -2.10.